The second-order valence-corrected chi connectivity index (χ2v) is 11.7. The van der Waals surface area contributed by atoms with E-state index in [9.17, 15) is 14.4 Å². The summed E-state index contributed by atoms with van der Waals surface area (Å²) in [4.78, 5) is 46.6. The second kappa shape index (κ2) is 8.61. The molecule has 0 bridgehead atoms. The molecule has 1 unspecified atom stereocenters. The Bertz CT molecular complexity index is 1190. The molecule has 2 heterocycles. The van der Waals surface area contributed by atoms with Crippen LogP contribution in [0.25, 0.3) is 10.9 Å². The highest BCUT2D eigenvalue weighted by Crippen LogP contribution is 2.39. The van der Waals surface area contributed by atoms with Crippen LogP contribution in [0.4, 0.5) is 4.79 Å². The van der Waals surface area contributed by atoms with Crippen LogP contribution < -0.4 is 5.32 Å². The van der Waals surface area contributed by atoms with Gasteiger partial charge in [-0.3, -0.25) is 19.9 Å². The minimum Gasteiger partial charge on any atom is -0.335 e. The predicted octanol–water partition coefficient (Wildman–Crippen LogP) is 4.35. The first-order valence-corrected chi connectivity index (χ1v) is 12.9. The van der Waals surface area contributed by atoms with E-state index in [1.807, 2.05) is 27.0 Å². The highest BCUT2D eigenvalue weighted by molar-refractivity contribution is 6.07. The summed E-state index contributed by atoms with van der Waals surface area (Å²) in [6.07, 6.45) is 9.86. The number of benzene rings is 1. The third-order valence-corrected chi connectivity index (χ3v) is 8.14. The van der Waals surface area contributed by atoms with Crippen molar-refractivity contribution in [2.24, 2.45) is 5.41 Å². The number of imide groups is 1. The topological polar surface area (TPSA) is 82.6 Å². The molecule has 3 aliphatic rings. The first kappa shape index (κ1) is 23.8. The summed E-state index contributed by atoms with van der Waals surface area (Å²) in [6.45, 7) is 6.55. The van der Waals surface area contributed by atoms with Crippen molar-refractivity contribution in [2.45, 2.75) is 90.3 Å². The monoisotopic (exact) mass is 476 g/mol. The number of fused-ring (bicyclic) bond motifs is 2. The Labute approximate surface area is 207 Å². The molecule has 186 valence electrons. The fraction of sp³-hybridized carbons (Fsp3) is 0.571. The summed E-state index contributed by atoms with van der Waals surface area (Å²) >= 11 is 0. The molecule has 7 heteroatoms. The molecule has 1 aliphatic heterocycles. The Morgan fingerprint density at radius 1 is 1.09 bits per heavy atom. The number of nitrogens with zero attached hydrogens (tertiary/aromatic N) is 3. The number of hydrogen-bond donors (Lipinski definition) is 1. The number of hydrogen-bond acceptors (Lipinski definition) is 4. The highest BCUT2D eigenvalue weighted by atomic mass is 16.2. The van der Waals surface area contributed by atoms with Crippen molar-refractivity contribution in [1.29, 1.82) is 0 Å². The van der Waals surface area contributed by atoms with Gasteiger partial charge in [0.05, 0.1) is 5.52 Å². The number of urea groups is 1. The molecule has 7 nitrogen and oxygen atoms in total. The van der Waals surface area contributed by atoms with Gasteiger partial charge in [-0.15, -0.1) is 0 Å². The second-order valence-electron chi connectivity index (χ2n) is 11.7. The fourth-order valence-electron chi connectivity index (χ4n) is 6.03. The van der Waals surface area contributed by atoms with Gasteiger partial charge in [-0.1, -0.05) is 46.5 Å². The van der Waals surface area contributed by atoms with E-state index in [-0.39, 0.29) is 23.9 Å². The molecular weight excluding hydrogens is 440 g/mol. The summed E-state index contributed by atoms with van der Waals surface area (Å²) in [7, 11) is 1.69. The van der Waals surface area contributed by atoms with Gasteiger partial charge in [0.1, 0.15) is 5.54 Å². The first-order valence-electron chi connectivity index (χ1n) is 12.9. The van der Waals surface area contributed by atoms with Crippen molar-refractivity contribution in [3.8, 4) is 0 Å². The molecule has 1 N–H and O–H groups in total. The van der Waals surface area contributed by atoms with Crippen LogP contribution in [0.1, 0.15) is 76.0 Å². The van der Waals surface area contributed by atoms with E-state index < -0.39 is 11.0 Å². The van der Waals surface area contributed by atoms with Gasteiger partial charge in [0, 0.05) is 49.5 Å². The van der Waals surface area contributed by atoms with Crippen LogP contribution in [0.5, 0.6) is 0 Å². The fourth-order valence-corrected chi connectivity index (χ4v) is 6.03. The predicted molar refractivity (Wildman–Crippen MR) is 135 cm³/mol. The number of aromatic nitrogens is 1. The van der Waals surface area contributed by atoms with E-state index in [1.165, 1.54) is 25.7 Å². The van der Waals surface area contributed by atoms with Gasteiger partial charge in [0.25, 0.3) is 5.91 Å². The van der Waals surface area contributed by atoms with Crippen LogP contribution in [-0.4, -0.2) is 51.3 Å². The quantitative estimate of drug-likeness (QED) is 0.527. The molecule has 2 aromatic rings. The van der Waals surface area contributed by atoms with Crippen LogP contribution in [0.2, 0.25) is 0 Å². The van der Waals surface area contributed by atoms with Gasteiger partial charge in [-0.2, -0.15) is 0 Å². The molecule has 1 aromatic carbocycles. The lowest BCUT2D eigenvalue weighted by Gasteiger charge is -2.36. The maximum absolute atomic E-state index is 13.5. The Morgan fingerprint density at radius 3 is 2.34 bits per heavy atom. The summed E-state index contributed by atoms with van der Waals surface area (Å²) in [6, 6.07) is 6.23. The van der Waals surface area contributed by atoms with Crippen molar-refractivity contribution in [3.63, 3.8) is 0 Å². The molecular formula is C28H36N4O3. The Hall–Kier alpha value is -2.96. The zero-order valence-electron chi connectivity index (χ0n) is 21.3. The Kier molecular flexibility index (Phi) is 5.85. The third-order valence-electron chi connectivity index (χ3n) is 8.14. The smallest absolute Gasteiger partial charge is 0.324 e. The van der Waals surface area contributed by atoms with Crippen molar-refractivity contribution < 1.29 is 14.4 Å². The van der Waals surface area contributed by atoms with Gasteiger partial charge in [-0.05, 0) is 47.7 Å². The Morgan fingerprint density at radius 2 is 1.74 bits per heavy atom. The highest BCUT2D eigenvalue weighted by Gasteiger charge is 2.54. The van der Waals surface area contributed by atoms with Gasteiger partial charge >= 0.3 is 6.03 Å². The summed E-state index contributed by atoms with van der Waals surface area (Å²) < 4.78 is 0. The number of amides is 4. The van der Waals surface area contributed by atoms with Crippen molar-refractivity contribution in [3.05, 3.63) is 41.1 Å². The number of carbonyl (C=O) groups is 3. The van der Waals surface area contributed by atoms with Crippen LogP contribution in [0, 0.1) is 5.41 Å². The average Bonchev–Trinajstić information content (AvgIpc) is 3.11. The lowest BCUT2D eigenvalue weighted by atomic mass is 9.92. The first-order chi connectivity index (χ1) is 16.6. The van der Waals surface area contributed by atoms with Crippen LogP contribution in [-0.2, 0) is 29.0 Å². The van der Waals surface area contributed by atoms with Crippen LogP contribution >= 0.6 is 0 Å². The van der Waals surface area contributed by atoms with Gasteiger partial charge in [0.15, 0.2) is 0 Å². The van der Waals surface area contributed by atoms with E-state index in [1.54, 1.807) is 11.9 Å². The SMILES string of the molecule is CN1C(=O)NC(=O)C12Cc1cc3cc(CN(C(=O)C(C)(C)C)C4CCCCCC4)cnc3cc1C2. The van der Waals surface area contributed by atoms with Crippen LogP contribution in [0.3, 0.4) is 0 Å². The average molecular weight is 477 g/mol. The summed E-state index contributed by atoms with van der Waals surface area (Å²) in [5, 5.41) is 3.47. The summed E-state index contributed by atoms with van der Waals surface area (Å²) in [5.41, 5.74) is 2.78. The standard InChI is InChI=1S/C28H36N4O3/c1-27(2,3)25(34)32(22-9-7-5-6-8-10-22)17-18-11-19-12-20-14-28(24(33)30-26(35)31(28)4)15-21(20)13-23(19)29-16-18/h11-13,16,22H,5-10,14-15,17H2,1-4H3,(H,30,33,35). The van der Waals surface area contributed by atoms with Crippen molar-refractivity contribution in [2.75, 3.05) is 7.05 Å². The molecule has 1 atom stereocenters. The minimum atomic E-state index is -0.838. The van der Waals surface area contributed by atoms with E-state index in [0.29, 0.717) is 19.4 Å². The van der Waals surface area contributed by atoms with Crippen molar-refractivity contribution in [1.82, 2.24) is 20.1 Å². The summed E-state index contributed by atoms with van der Waals surface area (Å²) in [5.74, 6) is -0.0287. The van der Waals surface area contributed by atoms with Gasteiger partial charge < -0.3 is 9.80 Å². The number of rotatable bonds is 3. The molecule has 1 saturated heterocycles. The maximum Gasteiger partial charge on any atom is 0.324 e. The molecule has 1 aromatic heterocycles. The molecule has 0 radical (unpaired) electrons. The number of nitrogens with one attached hydrogen (secondary N) is 1. The molecule has 4 amide bonds. The zero-order valence-corrected chi connectivity index (χ0v) is 21.3. The molecule has 1 saturated carbocycles. The van der Waals surface area contributed by atoms with Crippen molar-refractivity contribution >= 4 is 28.7 Å². The normalized spacial score (nSPS) is 23.0. The number of likely N-dealkylation sites (N-methyl/N-ethyl adjacent to an activating group) is 1. The van der Waals surface area contributed by atoms with E-state index >= 15 is 0 Å². The molecule has 5 rings (SSSR count). The maximum atomic E-state index is 13.5. The largest absolute Gasteiger partial charge is 0.335 e. The Balaban J connectivity index is 1.44. The molecule has 35 heavy (non-hydrogen) atoms. The lowest BCUT2D eigenvalue weighted by molar-refractivity contribution is -0.143. The van der Waals surface area contributed by atoms with Gasteiger partial charge in [0.2, 0.25) is 5.91 Å². The van der Waals surface area contributed by atoms with E-state index in [0.717, 1.165) is 40.4 Å². The third kappa shape index (κ3) is 4.19. The van der Waals surface area contributed by atoms with Crippen LogP contribution in [0.15, 0.2) is 24.4 Å². The molecule has 2 fully saturated rings. The van der Waals surface area contributed by atoms with E-state index in [2.05, 4.69) is 28.4 Å². The molecule has 2 aliphatic carbocycles. The molecule has 1 spiro atoms. The van der Waals surface area contributed by atoms with E-state index in [4.69, 9.17) is 4.98 Å². The lowest BCUT2D eigenvalue weighted by Crippen LogP contribution is -2.48. The number of pyridine rings is 1. The number of carbonyl (C=O) groups excluding carboxylic acids is 3. The minimum absolute atomic E-state index is 0.195. The van der Waals surface area contributed by atoms with Gasteiger partial charge in [-0.25, -0.2) is 4.79 Å². The zero-order chi connectivity index (χ0) is 25.0.